The van der Waals surface area contributed by atoms with E-state index in [0.717, 1.165) is 11.1 Å². The molecule has 2 N–H and O–H groups in total. The molecule has 0 atom stereocenters. The first-order chi connectivity index (χ1) is 13.3. The van der Waals surface area contributed by atoms with Crippen molar-refractivity contribution in [2.75, 3.05) is 5.32 Å². The van der Waals surface area contributed by atoms with Gasteiger partial charge in [-0.15, -0.1) is 0 Å². The summed E-state index contributed by atoms with van der Waals surface area (Å²) in [5.41, 5.74) is 2.98. The highest BCUT2D eigenvalue weighted by molar-refractivity contribution is 7.89. The van der Waals surface area contributed by atoms with E-state index in [9.17, 15) is 13.2 Å². The topological polar surface area (TPSA) is 93.1 Å². The molecule has 7 nitrogen and oxygen atoms in total. The van der Waals surface area contributed by atoms with Gasteiger partial charge in [-0.3, -0.25) is 9.48 Å². The molecule has 3 rings (SSSR count). The van der Waals surface area contributed by atoms with E-state index >= 15 is 0 Å². The van der Waals surface area contributed by atoms with Gasteiger partial charge < -0.3 is 5.32 Å². The van der Waals surface area contributed by atoms with Crippen LogP contribution in [0.5, 0.6) is 0 Å². The lowest BCUT2D eigenvalue weighted by Gasteiger charge is -2.12. The Hall–Kier alpha value is -2.97. The van der Waals surface area contributed by atoms with Gasteiger partial charge in [-0.25, -0.2) is 13.1 Å². The van der Waals surface area contributed by atoms with Gasteiger partial charge in [0.25, 0.3) is 0 Å². The Balaban J connectivity index is 1.68. The number of aryl methyl sites for hydroxylation is 1. The standard InChI is InChI=1S/C20H22N4O3S/c1-15-4-9-19(23-16(2)25)12-20(15)28(26,27)22-13-17-5-7-18(8-6-17)14-24-11-3-10-21-24/h3-12,22H,13-14H2,1-2H3,(H,23,25). The number of hydrogen-bond donors (Lipinski definition) is 2. The molecule has 0 unspecified atom stereocenters. The van der Waals surface area contributed by atoms with Crippen LogP contribution in [0.25, 0.3) is 0 Å². The lowest BCUT2D eigenvalue weighted by atomic mass is 10.1. The van der Waals surface area contributed by atoms with E-state index in [1.807, 2.05) is 41.2 Å². The number of carbonyl (C=O) groups excluding carboxylic acids is 1. The van der Waals surface area contributed by atoms with E-state index < -0.39 is 10.0 Å². The highest BCUT2D eigenvalue weighted by Crippen LogP contribution is 2.20. The van der Waals surface area contributed by atoms with Gasteiger partial charge in [0.15, 0.2) is 0 Å². The average molecular weight is 398 g/mol. The van der Waals surface area contributed by atoms with E-state index in [4.69, 9.17) is 0 Å². The molecule has 0 aliphatic heterocycles. The van der Waals surface area contributed by atoms with Crippen molar-refractivity contribution in [2.24, 2.45) is 0 Å². The van der Waals surface area contributed by atoms with Crippen LogP contribution < -0.4 is 10.0 Å². The van der Waals surface area contributed by atoms with Crippen molar-refractivity contribution >= 4 is 21.6 Å². The highest BCUT2D eigenvalue weighted by atomic mass is 32.2. The molecule has 1 amide bonds. The number of rotatable bonds is 7. The van der Waals surface area contributed by atoms with Crippen molar-refractivity contribution in [2.45, 2.75) is 31.8 Å². The molecule has 1 aromatic heterocycles. The molecule has 0 bridgehead atoms. The monoisotopic (exact) mass is 398 g/mol. The minimum atomic E-state index is -3.71. The first-order valence-corrected chi connectivity index (χ1v) is 10.2. The summed E-state index contributed by atoms with van der Waals surface area (Å²) >= 11 is 0. The lowest BCUT2D eigenvalue weighted by molar-refractivity contribution is -0.114. The summed E-state index contributed by atoms with van der Waals surface area (Å²) in [4.78, 5) is 11.4. The fraction of sp³-hybridized carbons (Fsp3) is 0.200. The molecular formula is C20H22N4O3S. The number of hydrogen-bond acceptors (Lipinski definition) is 4. The summed E-state index contributed by atoms with van der Waals surface area (Å²) in [6.45, 7) is 3.93. The quantitative estimate of drug-likeness (QED) is 0.640. The molecule has 0 saturated heterocycles. The third-order valence-electron chi connectivity index (χ3n) is 4.19. The Kier molecular flexibility index (Phi) is 5.91. The summed E-state index contributed by atoms with van der Waals surface area (Å²) in [5.74, 6) is -0.254. The Bertz CT molecular complexity index is 1060. The minimum absolute atomic E-state index is 0.147. The summed E-state index contributed by atoms with van der Waals surface area (Å²) in [7, 11) is -3.71. The van der Waals surface area contributed by atoms with Crippen molar-refractivity contribution in [3.8, 4) is 0 Å². The van der Waals surface area contributed by atoms with Gasteiger partial charge in [0, 0.05) is 31.5 Å². The van der Waals surface area contributed by atoms with Crippen LogP contribution in [0.15, 0.2) is 65.8 Å². The van der Waals surface area contributed by atoms with E-state index in [2.05, 4.69) is 15.1 Å². The third kappa shape index (κ3) is 5.05. The molecule has 28 heavy (non-hydrogen) atoms. The molecule has 0 aliphatic rings. The van der Waals surface area contributed by atoms with Gasteiger partial charge in [-0.2, -0.15) is 5.10 Å². The van der Waals surface area contributed by atoms with Crippen LogP contribution in [0, 0.1) is 6.92 Å². The van der Waals surface area contributed by atoms with Crippen LogP contribution in [0.4, 0.5) is 5.69 Å². The first kappa shape index (κ1) is 19.8. The molecule has 0 fully saturated rings. The number of carbonyl (C=O) groups is 1. The zero-order valence-electron chi connectivity index (χ0n) is 15.7. The van der Waals surface area contributed by atoms with Crippen molar-refractivity contribution in [1.82, 2.24) is 14.5 Å². The molecule has 0 aliphatic carbocycles. The molecular weight excluding hydrogens is 376 g/mol. The second-order valence-corrected chi connectivity index (χ2v) is 8.24. The van der Waals surface area contributed by atoms with Gasteiger partial charge >= 0.3 is 0 Å². The Morgan fingerprint density at radius 1 is 1.11 bits per heavy atom. The van der Waals surface area contributed by atoms with Gasteiger partial charge in [-0.1, -0.05) is 30.3 Å². The second kappa shape index (κ2) is 8.37. The first-order valence-electron chi connectivity index (χ1n) is 8.77. The normalized spacial score (nSPS) is 11.4. The number of nitrogens with one attached hydrogen (secondary N) is 2. The van der Waals surface area contributed by atoms with Gasteiger partial charge in [-0.05, 0) is 41.8 Å². The predicted octanol–water partition coefficient (Wildman–Crippen LogP) is 2.68. The van der Waals surface area contributed by atoms with Crippen LogP contribution in [0.2, 0.25) is 0 Å². The molecule has 3 aromatic rings. The zero-order chi connectivity index (χ0) is 20.1. The molecule has 0 radical (unpaired) electrons. The summed E-state index contributed by atoms with van der Waals surface area (Å²) in [6.07, 6.45) is 3.62. The summed E-state index contributed by atoms with van der Waals surface area (Å²) in [5, 5.41) is 6.77. The number of nitrogens with zero attached hydrogens (tertiary/aromatic N) is 2. The van der Waals surface area contributed by atoms with E-state index in [1.54, 1.807) is 25.3 Å². The molecule has 0 spiro atoms. The van der Waals surface area contributed by atoms with Crippen LogP contribution in [0.1, 0.15) is 23.6 Å². The fourth-order valence-corrected chi connectivity index (χ4v) is 4.06. The molecule has 2 aromatic carbocycles. The van der Waals surface area contributed by atoms with Gasteiger partial charge in [0.1, 0.15) is 0 Å². The van der Waals surface area contributed by atoms with Crippen molar-refractivity contribution in [3.05, 3.63) is 77.6 Å². The van der Waals surface area contributed by atoms with E-state index in [-0.39, 0.29) is 17.3 Å². The molecule has 1 heterocycles. The number of benzene rings is 2. The zero-order valence-corrected chi connectivity index (χ0v) is 16.5. The van der Waals surface area contributed by atoms with E-state index in [1.165, 1.54) is 13.0 Å². The lowest BCUT2D eigenvalue weighted by Crippen LogP contribution is -2.24. The van der Waals surface area contributed by atoms with Crippen LogP contribution in [-0.4, -0.2) is 24.1 Å². The van der Waals surface area contributed by atoms with Crippen molar-refractivity contribution in [3.63, 3.8) is 0 Å². The minimum Gasteiger partial charge on any atom is -0.326 e. The molecule has 146 valence electrons. The number of amides is 1. The largest absolute Gasteiger partial charge is 0.326 e. The average Bonchev–Trinajstić information content (AvgIpc) is 3.15. The highest BCUT2D eigenvalue weighted by Gasteiger charge is 2.17. The Morgan fingerprint density at radius 2 is 1.82 bits per heavy atom. The van der Waals surface area contributed by atoms with Gasteiger partial charge in [0.05, 0.1) is 11.4 Å². The fourth-order valence-electron chi connectivity index (χ4n) is 2.77. The Labute approximate surface area is 164 Å². The van der Waals surface area contributed by atoms with Crippen LogP contribution >= 0.6 is 0 Å². The summed E-state index contributed by atoms with van der Waals surface area (Å²) < 4.78 is 29.9. The maximum absolute atomic E-state index is 12.7. The van der Waals surface area contributed by atoms with Crippen molar-refractivity contribution < 1.29 is 13.2 Å². The maximum Gasteiger partial charge on any atom is 0.241 e. The summed E-state index contributed by atoms with van der Waals surface area (Å²) in [6, 6.07) is 14.4. The van der Waals surface area contributed by atoms with Crippen LogP contribution in [-0.2, 0) is 27.9 Å². The maximum atomic E-state index is 12.7. The molecule has 0 saturated carbocycles. The second-order valence-electron chi connectivity index (χ2n) is 6.51. The third-order valence-corrected chi connectivity index (χ3v) is 5.73. The van der Waals surface area contributed by atoms with E-state index in [0.29, 0.717) is 17.8 Å². The van der Waals surface area contributed by atoms with Crippen molar-refractivity contribution in [1.29, 1.82) is 0 Å². The number of aromatic nitrogens is 2. The van der Waals surface area contributed by atoms with Gasteiger partial charge in [0.2, 0.25) is 15.9 Å². The predicted molar refractivity (Wildman–Crippen MR) is 107 cm³/mol. The van der Waals surface area contributed by atoms with Crippen LogP contribution in [0.3, 0.4) is 0 Å². The Morgan fingerprint density at radius 3 is 2.46 bits per heavy atom. The molecule has 8 heteroatoms. The number of sulfonamides is 1. The SMILES string of the molecule is CC(=O)Nc1ccc(C)c(S(=O)(=O)NCc2ccc(Cn3cccn3)cc2)c1. The smallest absolute Gasteiger partial charge is 0.241 e. The number of anilines is 1.